The van der Waals surface area contributed by atoms with E-state index in [0.717, 1.165) is 23.8 Å². The van der Waals surface area contributed by atoms with E-state index >= 15 is 0 Å². The van der Waals surface area contributed by atoms with Crippen molar-refractivity contribution < 1.29 is 9.59 Å². The fraction of sp³-hybridized carbons (Fsp3) is 0.400. The number of piperidine rings is 1. The number of hydrogen-bond donors (Lipinski definition) is 2. The van der Waals surface area contributed by atoms with E-state index in [4.69, 9.17) is 5.73 Å². The smallest absolute Gasteiger partial charge is 0.332 e. The highest BCUT2D eigenvalue weighted by Gasteiger charge is 2.23. The Hall–Kier alpha value is -3.36. The van der Waals surface area contributed by atoms with Gasteiger partial charge in [-0.2, -0.15) is 0 Å². The summed E-state index contributed by atoms with van der Waals surface area (Å²) in [5.41, 5.74) is 5.97. The first kappa shape index (κ1) is 20.4. The average Bonchev–Trinajstić information content (AvgIpc) is 2.71. The third-order valence-corrected chi connectivity index (χ3v) is 5.10. The van der Waals surface area contributed by atoms with Crippen molar-refractivity contribution in [2.24, 2.45) is 7.05 Å². The molecule has 1 aliphatic rings. The Labute approximate surface area is 167 Å². The van der Waals surface area contributed by atoms with Gasteiger partial charge in [0.25, 0.3) is 5.56 Å². The summed E-state index contributed by atoms with van der Waals surface area (Å²) in [6.45, 7) is 2.35. The van der Waals surface area contributed by atoms with Crippen molar-refractivity contribution in [1.82, 2.24) is 9.13 Å². The van der Waals surface area contributed by atoms with Gasteiger partial charge in [-0.25, -0.2) is 9.36 Å². The molecule has 0 bridgehead atoms. The zero-order chi connectivity index (χ0) is 21.1. The number of nitrogens with two attached hydrogens (primary N) is 1. The largest absolute Gasteiger partial charge is 0.383 e. The summed E-state index contributed by atoms with van der Waals surface area (Å²) in [4.78, 5) is 51.5. The summed E-state index contributed by atoms with van der Waals surface area (Å²) < 4.78 is 2.08. The second-order valence-corrected chi connectivity index (χ2v) is 7.20. The molecule has 0 aliphatic carbocycles. The van der Waals surface area contributed by atoms with Gasteiger partial charge in [-0.15, -0.1) is 0 Å². The van der Waals surface area contributed by atoms with Gasteiger partial charge in [-0.3, -0.25) is 19.0 Å². The number of hydrogen-bond acceptors (Lipinski definition) is 6. The van der Waals surface area contributed by atoms with Crippen molar-refractivity contribution in [1.29, 1.82) is 0 Å². The molecule has 1 aliphatic heterocycles. The van der Waals surface area contributed by atoms with Crippen LogP contribution in [0.4, 0.5) is 17.2 Å². The molecule has 1 amide bonds. The van der Waals surface area contributed by atoms with E-state index in [0.29, 0.717) is 24.3 Å². The molecule has 1 aromatic heterocycles. The van der Waals surface area contributed by atoms with Gasteiger partial charge in [0, 0.05) is 31.4 Å². The lowest BCUT2D eigenvalue weighted by molar-refractivity contribution is -0.116. The Balaban J connectivity index is 1.90. The van der Waals surface area contributed by atoms with Crippen LogP contribution in [-0.4, -0.2) is 33.9 Å². The minimum absolute atomic E-state index is 0.104. The Bertz CT molecular complexity index is 1060. The molecular formula is C20H25N5O4. The van der Waals surface area contributed by atoms with Crippen LogP contribution in [0.1, 0.15) is 36.5 Å². The molecule has 0 saturated carbocycles. The standard InChI is InChI=1S/C20H25N5O4/c1-13(26)14-7-6-8-15(11-14)22-16(27)12-25-19(28)17(18(21)23(2)20(25)29)24-9-4-3-5-10-24/h6-8,11H,3-5,9-10,12,21H2,1-2H3,(H,22,27). The van der Waals surface area contributed by atoms with Crippen LogP contribution in [0.15, 0.2) is 33.9 Å². The quantitative estimate of drug-likeness (QED) is 0.723. The lowest BCUT2D eigenvalue weighted by Gasteiger charge is -2.29. The fourth-order valence-corrected chi connectivity index (χ4v) is 3.48. The molecule has 0 atom stereocenters. The van der Waals surface area contributed by atoms with Crippen molar-refractivity contribution in [3.05, 3.63) is 50.7 Å². The van der Waals surface area contributed by atoms with Crippen LogP contribution in [-0.2, 0) is 18.4 Å². The number of nitrogens with one attached hydrogen (secondary N) is 1. The van der Waals surface area contributed by atoms with Gasteiger partial charge in [-0.05, 0) is 38.3 Å². The molecule has 0 radical (unpaired) electrons. The predicted molar refractivity (Wildman–Crippen MR) is 111 cm³/mol. The fourth-order valence-electron chi connectivity index (χ4n) is 3.48. The molecule has 0 unspecified atom stereocenters. The normalized spacial score (nSPS) is 13.9. The molecule has 0 spiro atoms. The van der Waals surface area contributed by atoms with Gasteiger partial charge in [0.2, 0.25) is 5.91 Å². The van der Waals surface area contributed by atoms with E-state index in [2.05, 4.69) is 5.32 Å². The zero-order valence-corrected chi connectivity index (χ0v) is 16.6. The monoisotopic (exact) mass is 399 g/mol. The molecule has 3 rings (SSSR count). The van der Waals surface area contributed by atoms with Gasteiger partial charge in [0.05, 0.1) is 0 Å². The van der Waals surface area contributed by atoms with Crippen molar-refractivity contribution in [2.75, 3.05) is 29.0 Å². The number of nitrogen functional groups attached to an aromatic ring is 1. The van der Waals surface area contributed by atoms with Crippen molar-refractivity contribution in [3.8, 4) is 0 Å². The number of anilines is 3. The SMILES string of the molecule is CC(=O)c1cccc(NC(=O)Cn2c(=O)c(N3CCCCC3)c(N)n(C)c2=O)c1. The average molecular weight is 399 g/mol. The van der Waals surface area contributed by atoms with Gasteiger partial charge < -0.3 is 16.0 Å². The summed E-state index contributed by atoms with van der Waals surface area (Å²) in [5, 5.41) is 2.63. The van der Waals surface area contributed by atoms with E-state index in [9.17, 15) is 19.2 Å². The predicted octanol–water partition coefficient (Wildman–Crippen LogP) is 0.961. The zero-order valence-electron chi connectivity index (χ0n) is 16.6. The molecular weight excluding hydrogens is 374 g/mol. The Morgan fingerprint density at radius 2 is 1.83 bits per heavy atom. The summed E-state index contributed by atoms with van der Waals surface area (Å²) >= 11 is 0. The molecule has 1 saturated heterocycles. The lowest BCUT2D eigenvalue weighted by Crippen LogP contribution is -2.46. The van der Waals surface area contributed by atoms with E-state index in [1.54, 1.807) is 24.3 Å². The Morgan fingerprint density at radius 3 is 2.48 bits per heavy atom. The molecule has 3 N–H and O–H groups in total. The minimum Gasteiger partial charge on any atom is -0.383 e. The molecule has 2 heterocycles. The topological polar surface area (TPSA) is 119 Å². The number of rotatable bonds is 5. The van der Waals surface area contributed by atoms with Crippen LogP contribution in [0.25, 0.3) is 0 Å². The summed E-state index contributed by atoms with van der Waals surface area (Å²) in [6.07, 6.45) is 2.96. The number of ketones is 1. The number of carbonyl (C=O) groups excluding carboxylic acids is 2. The van der Waals surface area contributed by atoms with Crippen LogP contribution >= 0.6 is 0 Å². The second kappa shape index (κ2) is 8.34. The van der Waals surface area contributed by atoms with E-state index in [1.807, 2.05) is 4.90 Å². The molecule has 9 heteroatoms. The number of Topliss-reactive ketones (excluding diaryl/α,β-unsaturated/α-hetero) is 1. The van der Waals surface area contributed by atoms with Gasteiger partial charge in [0.1, 0.15) is 18.1 Å². The maximum Gasteiger partial charge on any atom is 0.332 e. The maximum absolute atomic E-state index is 13.0. The van der Waals surface area contributed by atoms with Crippen LogP contribution in [0.3, 0.4) is 0 Å². The lowest BCUT2D eigenvalue weighted by atomic mass is 10.1. The molecule has 9 nitrogen and oxygen atoms in total. The first-order valence-electron chi connectivity index (χ1n) is 9.54. The van der Waals surface area contributed by atoms with Gasteiger partial charge >= 0.3 is 5.69 Å². The van der Waals surface area contributed by atoms with Crippen LogP contribution in [0, 0.1) is 0 Å². The van der Waals surface area contributed by atoms with Crippen LogP contribution in [0.5, 0.6) is 0 Å². The van der Waals surface area contributed by atoms with E-state index < -0.39 is 23.7 Å². The Morgan fingerprint density at radius 1 is 1.14 bits per heavy atom. The minimum atomic E-state index is -0.652. The molecule has 154 valence electrons. The van der Waals surface area contributed by atoms with Crippen molar-refractivity contribution in [3.63, 3.8) is 0 Å². The number of benzene rings is 1. The highest BCUT2D eigenvalue weighted by Crippen LogP contribution is 2.21. The van der Waals surface area contributed by atoms with E-state index in [-0.39, 0.29) is 17.3 Å². The highest BCUT2D eigenvalue weighted by molar-refractivity contribution is 5.97. The van der Waals surface area contributed by atoms with Crippen LogP contribution in [0.2, 0.25) is 0 Å². The van der Waals surface area contributed by atoms with Crippen molar-refractivity contribution >= 4 is 28.9 Å². The first-order chi connectivity index (χ1) is 13.8. The highest BCUT2D eigenvalue weighted by atomic mass is 16.2. The second-order valence-electron chi connectivity index (χ2n) is 7.20. The van der Waals surface area contributed by atoms with Gasteiger partial charge in [-0.1, -0.05) is 12.1 Å². The number of amides is 1. The third kappa shape index (κ3) is 4.23. The van der Waals surface area contributed by atoms with Gasteiger partial charge in [0.15, 0.2) is 5.78 Å². The van der Waals surface area contributed by atoms with Crippen LogP contribution < -0.4 is 27.2 Å². The maximum atomic E-state index is 13.0. The summed E-state index contributed by atoms with van der Waals surface area (Å²) in [6, 6.07) is 6.47. The molecule has 29 heavy (non-hydrogen) atoms. The molecule has 2 aromatic rings. The number of carbonyl (C=O) groups is 2. The summed E-state index contributed by atoms with van der Waals surface area (Å²) in [5.74, 6) is -0.567. The first-order valence-corrected chi connectivity index (χ1v) is 9.54. The number of nitrogens with zero attached hydrogens (tertiary/aromatic N) is 3. The number of aromatic nitrogens is 2. The third-order valence-electron chi connectivity index (χ3n) is 5.10. The Kier molecular flexibility index (Phi) is 5.86. The molecule has 1 fully saturated rings. The van der Waals surface area contributed by atoms with Crippen molar-refractivity contribution in [2.45, 2.75) is 32.7 Å². The molecule has 1 aromatic carbocycles. The summed E-state index contributed by atoms with van der Waals surface area (Å²) in [7, 11) is 1.48. The van der Waals surface area contributed by atoms with E-state index in [1.165, 1.54) is 18.5 Å².